The molecule has 1 aromatic carbocycles. The first-order chi connectivity index (χ1) is 7.27. The van der Waals surface area contributed by atoms with Gasteiger partial charge in [0.15, 0.2) is 6.61 Å². The maximum absolute atomic E-state index is 11.0. The number of esters is 1. The Kier molecular flexibility index (Phi) is 4.41. The lowest BCUT2D eigenvalue weighted by Crippen LogP contribution is -2.14. The summed E-state index contributed by atoms with van der Waals surface area (Å²) in [6, 6.07) is 7.38. The number of carbonyl (C=O) groups is 1. The number of ether oxygens (including phenoxy) is 2. The van der Waals surface area contributed by atoms with Gasteiger partial charge in [0, 0.05) is 5.56 Å². The zero-order chi connectivity index (χ0) is 11.1. The molecule has 0 aliphatic carbocycles. The zero-order valence-corrected chi connectivity index (χ0v) is 8.73. The molecule has 0 N–H and O–H groups in total. The van der Waals surface area contributed by atoms with Gasteiger partial charge in [0.1, 0.15) is 5.75 Å². The van der Waals surface area contributed by atoms with Crippen molar-refractivity contribution in [3.63, 3.8) is 0 Å². The van der Waals surface area contributed by atoms with Crippen molar-refractivity contribution in [2.75, 3.05) is 13.2 Å². The Balaban J connectivity index is 2.57. The van der Waals surface area contributed by atoms with Crippen molar-refractivity contribution in [3.05, 3.63) is 36.4 Å². The monoisotopic (exact) mass is 206 g/mol. The first-order valence-electron chi connectivity index (χ1n) is 4.77. The van der Waals surface area contributed by atoms with E-state index in [0.29, 0.717) is 12.4 Å². The highest BCUT2D eigenvalue weighted by atomic mass is 16.6. The maximum atomic E-state index is 11.0. The molecule has 0 saturated heterocycles. The minimum atomic E-state index is -0.364. The van der Waals surface area contributed by atoms with Crippen LogP contribution < -0.4 is 4.74 Å². The van der Waals surface area contributed by atoms with Gasteiger partial charge in [-0.3, -0.25) is 0 Å². The number of hydrogen-bond donors (Lipinski definition) is 0. The third-order valence-electron chi connectivity index (χ3n) is 1.79. The number of para-hydroxylation sites is 1. The Morgan fingerprint density at radius 2 is 2.20 bits per heavy atom. The Bertz CT molecular complexity index is 344. The molecule has 0 radical (unpaired) electrons. The predicted molar refractivity (Wildman–Crippen MR) is 58.7 cm³/mol. The molecule has 1 aromatic rings. The lowest BCUT2D eigenvalue weighted by Gasteiger charge is -2.07. The third-order valence-corrected chi connectivity index (χ3v) is 1.79. The van der Waals surface area contributed by atoms with Crippen molar-refractivity contribution >= 4 is 12.0 Å². The van der Waals surface area contributed by atoms with Gasteiger partial charge in [-0.05, 0) is 13.0 Å². The van der Waals surface area contributed by atoms with Crippen LogP contribution in [0.1, 0.15) is 12.5 Å². The van der Waals surface area contributed by atoms with Crippen LogP contribution in [-0.2, 0) is 9.53 Å². The fourth-order valence-electron chi connectivity index (χ4n) is 1.12. The lowest BCUT2D eigenvalue weighted by atomic mass is 10.2. The van der Waals surface area contributed by atoms with E-state index in [1.165, 1.54) is 0 Å². The van der Waals surface area contributed by atoms with E-state index < -0.39 is 0 Å². The summed E-state index contributed by atoms with van der Waals surface area (Å²) in [5.41, 5.74) is 0.863. The minimum absolute atomic E-state index is 0.0707. The van der Waals surface area contributed by atoms with Crippen LogP contribution in [0.15, 0.2) is 30.8 Å². The van der Waals surface area contributed by atoms with Gasteiger partial charge in [-0.1, -0.05) is 30.9 Å². The van der Waals surface area contributed by atoms with Gasteiger partial charge in [-0.15, -0.1) is 0 Å². The summed E-state index contributed by atoms with van der Waals surface area (Å²) in [5.74, 6) is 0.275. The molecule has 0 unspecified atom stereocenters. The van der Waals surface area contributed by atoms with Crippen LogP contribution >= 0.6 is 0 Å². The fraction of sp³-hybridized carbons (Fsp3) is 0.250. The molecule has 0 atom stereocenters. The average molecular weight is 206 g/mol. The van der Waals surface area contributed by atoms with Gasteiger partial charge in [0.25, 0.3) is 0 Å². The molecule has 0 fully saturated rings. The average Bonchev–Trinajstić information content (AvgIpc) is 2.27. The molecular weight excluding hydrogens is 192 g/mol. The normalized spacial score (nSPS) is 9.40. The van der Waals surface area contributed by atoms with Crippen LogP contribution in [0.25, 0.3) is 6.08 Å². The molecule has 0 aliphatic heterocycles. The van der Waals surface area contributed by atoms with Crippen LogP contribution in [0.2, 0.25) is 0 Å². The molecule has 0 saturated carbocycles. The molecule has 0 spiro atoms. The fourth-order valence-corrected chi connectivity index (χ4v) is 1.12. The van der Waals surface area contributed by atoms with Crippen molar-refractivity contribution in [1.82, 2.24) is 0 Å². The van der Waals surface area contributed by atoms with Gasteiger partial charge in [0.05, 0.1) is 6.61 Å². The molecule has 1 rings (SSSR count). The van der Waals surface area contributed by atoms with Gasteiger partial charge in [0.2, 0.25) is 0 Å². The highest BCUT2D eigenvalue weighted by Crippen LogP contribution is 2.18. The van der Waals surface area contributed by atoms with E-state index in [4.69, 9.17) is 9.47 Å². The van der Waals surface area contributed by atoms with E-state index in [9.17, 15) is 4.79 Å². The summed E-state index contributed by atoms with van der Waals surface area (Å²) in [5, 5.41) is 0. The quantitative estimate of drug-likeness (QED) is 0.693. The molecular formula is C12H14O3. The van der Waals surface area contributed by atoms with Gasteiger partial charge < -0.3 is 9.47 Å². The summed E-state index contributed by atoms with van der Waals surface area (Å²) in [4.78, 5) is 11.0. The SMILES string of the molecule is C=Cc1ccccc1OCC(=O)OCC. The molecule has 3 nitrogen and oxygen atoms in total. The number of carbonyl (C=O) groups excluding carboxylic acids is 1. The lowest BCUT2D eigenvalue weighted by molar-refractivity contribution is -0.145. The van der Waals surface area contributed by atoms with Crippen LogP contribution in [0.4, 0.5) is 0 Å². The second kappa shape index (κ2) is 5.86. The Morgan fingerprint density at radius 1 is 1.47 bits per heavy atom. The summed E-state index contributed by atoms with van der Waals surface area (Å²) >= 11 is 0. The zero-order valence-electron chi connectivity index (χ0n) is 8.73. The molecule has 0 heterocycles. The van der Waals surface area contributed by atoms with E-state index >= 15 is 0 Å². The first kappa shape index (κ1) is 11.3. The van der Waals surface area contributed by atoms with Gasteiger partial charge in [-0.25, -0.2) is 4.79 Å². The van der Waals surface area contributed by atoms with E-state index in [2.05, 4.69) is 6.58 Å². The van der Waals surface area contributed by atoms with E-state index in [1.54, 1.807) is 19.1 Å². The molecule has 0 aliphatic rings. The molecule has 0 amide bonds. The summed E-state index contributed by atoms with van der Waals surface area (Å²) in [7, 11) is 0. The van der Waals surface area contributed by atoms with Crippen LogP contribution in [0, 0.1) is 0 Å². The Hall–Kier alpha value is -1.77. The topological polar surface area (TPSA) is 35.5 Å². The van der Waals surface area contributed by atoms with Crippen LogP contribution in [0.3, 0.4) is 0 Å². The van der Waals surface area contributed by atoms with E-state index in [1.807, 2.05) is 18.2 Å². The first-order valence-corrected chi connectivity index (χ1v) is 4.77. The molecule has 3 heteroatoms. The highest BCUT2D eigenvalue weighted by Gasteiger charge is 2.04. The smallest absolute Gasteiger partial charge is 0.344 e. The summed E-state index contributed by atoms with van der Waals surface area (Å²) < 4.78 is 10.0. The largest absolute Gasteiger partial charge is 0.481 e. The van der Waals surface area contributed by atoms with E-state index in [0.717, 1.165) is 5.56 Å². The van der Waals surface area contributed by atoms with Crippen molar-refractivity contribution in [2.24, 2.45) is 0 Å². The van der Waals surface area contributed by atoms with Crippen LogP contribution in [0.5, 0.6) is 5.75 Å². The van der Waals surface area contributed by atoms with Crippen molar-refractivity contribution < 1.29 is 14.3 Å². The molecule has 0 bridgehead atoms. The van der Waals surface area contributed by atoms with E-state index in [-0.39, 0.29) is 12.6 Å². The number of rotatable bonds is 5. The van der Waals surface area contributed by atoms with Crippen molar-refractivity contribution in [3.8, 4) is 5.75 Å². The maximum Gasteiger partial charge on any atom is 0.344 e. The van der Waals surface area contributed by atoms with Gasteiger partial charge in [-0.2, -0.15) is 0 Å². The molecule has 0 aromatic heterocycles. The number of hydrogen-bond acceptors (Lipinski definition) is 3. The van der Waals surface area contributed by atoms with Gasteiger partial charge >= 0.3 is 5.97 Å². The third kappa shape index (κ3) is 3.46. The molecule has 15 heavy (non-hydrogen) atoms. The minimum Gasteiger partial charge on any atom is -0.481 e. The Morgan fingerprint density at radius 3 is 2.87 bits per heavy atom. The van der Waals surface area contributed by atoms with Crippen molar-refractivity contribution in [2.45, 2.75) is 6.92 Å². The van der Waals surface area contributed by atoms with Crippen molar-refractivity contribution in [1.29, 1.82) is 0 Å². The standard InChI is InChI=1S/C12H14O3/c1-3-10-7-5-6-8-11(10)15-9-12(13)14-4-2/h3,5-8H,1,4,9H2,2H3. The second-order valence-corrected chi connectivity index (χ2v) is 2.84. The Labute approximate surface area is 89.3 Å². The molecule has 80 valence electrons. The van der Waals surface area contributed by atoms with Crippen LogP contribution in [-0.4, -0.2) is 19.2 Å². The highest BCUT2D eigenvalue weighted by molar-refractivity contribution is 5.71. The summed E-state index contributed by atoms with van der Waals surface area (Å²) in [6.45, 7) is 5.71. The predicted octanol–water partition coefficient (Wildman–Crippen LogP) is 2.27. The second-order valence-electron chi connectivity index (χ2n) is 2.84. The number of benzene rings is 1. The summed E-state index contributed by atoms with van der Waals surface area (Å²) in [6.07, 6.45) is 1.68.